The van der Waals surface area contributed by atoms with Crippen molar-refractivity contribution >= 4 is 40.3 Å². The van der Waals surface area contributed by atoms with Crippen LogP contribution in [0.1, 0.15) is 22.8 Å². The summed E-state index contributed by atoms with van der Waals surface area (Å²) in [5.74, 6) is -1.34. The van der Waals surface area contributed by atoms with Crippen LogP contribution < -0.4 is 5.32 Å². The fourth-order valence-electron chi connectivity index (χ4n) is 2.69. The van der Waals surface area contributed by atoms with E-state index in [1.165, 1.54) is 13.0 Å². The predicted octanol–water partition coefficient (Wildman–Crippen LogP) is 3.63. The SMILES string of the molecule is CC(=O)c1ccccc1NC(=O)COC(=O)/C=C/c1cccc2cccnc12. The summed E-state index contributed by atoms with van der Waals surface area (Å²) in [5, 5.41) is 3.53. The van der Waals surface area contributed by atoms with E-state index in [1.807, 2.05) is 30.3 Å². The Morgan fingerprint density at radius 2 is 1.82 bits per heavy atom. The molecule has 0 atom stereocenters. The molecule has 1 amide bonds. The lowest BCUT2D eigenvalue weighted by atomic mass is 10.1. The van der Waals surface area contributed by atoms with Gasteiger partial charge in [0.25, 0.3) is 5.91 Å². The molecule has 6 heteroatoms. The number of rotatable bonds is 6. The highest BCUT2D eigenvalue weighted by Crippen LogP contribution is 2.17. The number of ether oxygens (including phenoxy) is 1. The number of hydrogen-bond acceptors (Lipinski definition) is 5. The van der Waals surface area contributed by atoms with Gasteiger partial charge in [-0.25, -0.2) is 4.79 Å². The molecule has 6 nitrogen and oxygen atoms in total. The molecule has 1 aromatic heterocycles. The van der Waals surface area contributed by atoms with Crippen molar-refractivity contribution in [3.8, 4) is 0 Å². The third-order valence-corrected chi connectivity index (χ3v) is 3.99. The summed E-state index contributed by atoms with van der Waals surface area (Å²) in [5.41, 5.74) is 2.32. The summed E-state index contributed by atoms with van der Waals surface area (Å²) in [7, 11) is 0. The fraction of sp³-hybridized carbons (Fsp3) is 0.0909. The number of carbonyl (C=O) groups excluding carboxylic acids is 3. The van der Waals surface area contributed by atoms with Crippen molar-refractivity contribution in [2.75, 3.05) is 11.9 Å². The maximum absolute atomic E-state index is 12.0. The van der Waals surface area contributed by atoms with E-state index in [-0.39, 0.29) is 5.78 Å². The Balaban J connectivity index is 1.59. The van der Waals surface area contributed by atoms with E-state index in [1.54, 1.807) is 36.5 Å². The van der Waals surface area contributed by atoms with Crippen LogP contribution in [0.4, 0.5) is 5.69 Å². The molecule has 0 spiro atoms. The zero-order valence-electron chi connectivity index (χ0n) is 15.2. The normalized spacial score (nSPS) is 10.8. The topological polar surface area (TPSA) is 85.4 Å². The van der Waals surface area contributed by atoms with Crippen LogP contribution >= 0.6 is 0 Å². The van der Waals surface area contributed by atoms with Crippen LogP contribution in [0, 0.1) is 0 Å². The number of fused-ring (bicyclic) bond motifs is 1. The van der Waals surface area contributed by atoms with Crippen LogP contribution in [0.2, 0.25) is 0 Å². The maximum Gasteiger partial charge on any atom is 0.331 e. The van der Waals surface area contributed by atoms with E-state index in [0.29, 0.717) is 11.3 Å². The number of pyridine rings is 1. The van der Waals surface area contributed by atoms with Crippen molar-refractivity contribution in [1.29, 1.82) is 0 Å². The van der Waals surface area contributed by atoms with E-state index < -0.39 is 18.5 Å². The summed E-state index contributed by atoms with van der Waals surface area (Å²) in [6.45, 7) is 0.959. The number of nitrogens with zero attached hydrogens (tertiary/aromatic N) is 1. The van der Waals surface area contributed by atoms with Crippen molar-refractivity contribution in [3.05, 3.63) is 78.0 Å². The Hall–Kier alpha value is -3.80. The summed E-state index contributed by atoms with van der Waals surface area (Å²) in [4.78, 5) is 39.8. The van der Waals surface area contributed by atoms with Gasteiger partial charge in [0.1, 0.15) is 0 Å². The maximum atomic E-state index is 12.0. The number of amides is 1. The molecule has 0 saturated carbocycles. The second-order valence-electron chi connectivity index (χ2n) is 6.01. The van der Waals surface area contributed by atoms with Gasteiger partial charge < -0.3 is 10.1 Å². The number of nitrogens with one attached hydrogen (secondary N) is 1. The molecule has 3 aromatic rings. The minimum absolute atomic E-state index is 0.167. The van der Waals surface area contributed by atoms with Crippen LogP contribution in [-0.4, -0.2) is 29.3 Å². The number of hydrogen-bond donors (Lipinski definition) is 1. The molecule has 28 heavy (non-hydrogen) atoms. The van der Waals surface area contributed by atoms with Crippen LogP contribution in [0.3, 0.4) is 0 Å². The van der Waals surface area contributed by atoms with Crippen LogP contribution in [0.15, 0.2) is 66.9 Å². The van der Waals surface area contributed by atoms with Gasteiger partial charge in [-0.3, -0.25) is 14.6 Å². The van der Waals surface area contributed by atoms with Gasteiger partial charge in [-0.05, 0) is 31.2 Å². The summed E-state index contributed by atoms with van der Waals surface area (Å²) >= 11 is 0. The van der Waals surface area contributed by atoms with Crippen molar-refractivity contribution in [3.63, 3.8) is 0 Å². The van der Waals surface area contributed by atoms with E-state index in [0.717, 1.165) is 16.5 Å². The van der Waals surface area contributed by atoms with Crippen molar-refractivity contribution in [2.24, 2.45) is 0 Å². The number of benzene rings is 2. The first-order valence-corrected chi connectivity index (χ1v) is 8.63. The molecule has 2 aromatic carbocycles. The highest BCUT2D eigenvalue weighted by molar-refractivity contribution is 6.04. The average molecular weight is 374 g/mol. The van der Waals surface area contributed by atoms with Gasteiger partial charge in [0.2, 0.25) is 0 Å². The smallest absolute Gasteiger partial charge is 0.331 e. The Kier molecular flexibility index (Phi) is 5.91. The average Bonchev–Trinajstić information content (AvgIpc) is 2.71. The van der Waals surface area contributed by atoms with E-state index >= 15 is 0 Å². The van der Waals surface area contributed by atoms with Crippen molar-refractivity contribution in [2.45, 2.75) is 6.92 Å². The molecule has 0 saturated heterocycles. The molecular weight excluding hydrogens is 356 g/mol. The Bertz CT molecular complexity index is 1070. The van der Waals surface area contributed by atoms with Gasteiger partial charge in [-0.1, -0.05) is 36.4 Å². The molecule has 0 aliphatic heterocycles. The fourth-order valence-corrected chi connectivity index (χ4v) is 2.69. The van der Waals surface area contributed by atoms with Crippen LogP contribution in [0.25, 0.3) is 17.0 Å². The summed E-state index contributed by atoms with van der Waals surface area (Å²) in [6.07, 6.45) is 4.53. The van der Waals surface area contributed by atoms with Crippen LogP contribution in [0.5, 0.6) is 0 Å². The number of Topliss-reactive ketones (excluding diaryl/α,β-unsaturated/α-hetero) is 1. The standard InChI is InChI=1S/C22H18N2O4/c1-15(25)18-9-2-3-10-19(18)24-20(26)14-28-21(27)12-11-17-7-4-6-16-8-5-13-23-22(16)17/h2-13H,14H2,1H3,(H,24,26)/b12-11+. The van der Waals surface area contributed by atoms with E-state index in [9.17, 15) is 14.4 Å². The lowest BCUT2D eigenvalue weighted by Crippen LogP contribution is -2.21. The van der Waals surface area contributed by atoms with E-state index in [4.69, 9.17) is 4.74 Å². The number of anilines is 1. The highest BCUT2D eigenvalue weighted by atomic mass is 16.5. The molecule has 1 heterocycles. The molecule has 0 unspecified atom stereocenters. The molecule has 140 valence electrons. The zero-order chi connectivity index (χ0) is 19.9. The first kappa shape index (κ1) is 19.0. The Labute approximate surface area is 161 Å². The zero-order valence-corrected chi connectivity index (χ0v) is 15.2. The van der Waals surface area contributed by atoms with E-state index in [2.05, 4.69) is 10.3 Å². The minimum Gasteiger partial charge on any atom is -0.452 e. The molecule has 0 aliphatic rings. The number of esters is 1. The molecule has 0 aliphatic carbocycles. The van der Waals surface area contributed by atoms with Crippen molar-refractivity contribution < 1.29 is 19.1 Å². The predicted molar refractivity (Wildman–Crippen MR) is 107 cm³/mol. The molecule has 3 rings (SSSR count). The number of ketones is 1. The Morgan fingerprint density at radius 3 is 2.64 bits per heavy atom. The second-order valence-corrected chi connectivity index (χ2v) is 6.01. The minimum atomic E-state index is -0.650. The summed E-state index contributed by atoms with van der Waals surface area (Å²) in [6, 6.07) is 16.1. The first-order valence-electron chi connectivity index (χ1n) is 8.63. The second kappa shape index (κ2) is 8.73. The van der Waals surface area contributed by atoms with Gasteiger partial charge in [0, 0.05) is 28.8 Å². The molecular formula is C22H18N2O4. The molecule has 0 radical (unpaired) electrons. The van der Waals surface area contributed by atoms with Gasteiger partial charge in [0.15, 0.2) is 12.4 Å². The lowest BCUT2D eigenvalue weighted by Gasteiger charge is -2.08. The third kappa shape index (κ3) is 4.67. The molecule has 0 fully saturated rings. The first-order chi connectivity index (χ1) is 13.5. The van der Waals surface area contributed by atoms with Gasteiger partial charge in [0.05, 0.1) is 11.2 Å². The number of carbonyl (C=O) groups is 3. The quantitative estimate of drug-likeness (QED) is 0.404. The van der Waals surface area contributed by atoms with Gasteiger partial charge in [-0.2, -0.15) is 0 Å². The largest absolute Gasteiger partial charge is 0.452 e. The number of para-hydroxylation sites is 2. The summed E-state index contributed by atoms with van der Waals surface area (Å²) < 4.78 is 4.97. The third-order valence-electron chi connectivity index (χ3n) is 3.99. The number of aromatic nitrogens is 1. The molecule has 1 N–H and O–H groups in total. The van der Waals surface area contributed by atoms with Gasteiger partial charge >= 0.3 is 5.97 Å². The van der Waals surface area contributed by atoms with Gasteiger partial charge in [-0.15, -0.1) is 0 Å². The van der Waals surface area contributed by atoms with Crippen molar-refractivity contribution in [1.82, 2.24) is 4.98 Å². The molecule has 0 bridgehead atoms. The van der Waals surface area contributed by atoms with Crippen LogP contribution in [-0.2, 0) is 14.3 Å². The highest BCUT2D eigenvalue weighted by Gasteiger charge is 2.11. The lowest BCUT2D eigenvalue weighted by molar-refractivity contribution is -0.142. The Morgan fingerprint density at radius 1 is 1.04 bits per heavy atom. The monoisotopic (exact) mass is 374 g/mol.